The van der Waals surface area contributed by atoms with E-state index in [2.05, 4.69) is 29.8 Å². The van der Waals surface area contributed by atoms with Crippen LogP contribution in [0.4, 0.5) is 0 Å². The fourth-order valence-electron chi connectivity index (χ4n) is 15.7. The Balaban J connectivity index is 1.04. The zero-order valence-corrected chi connectivity index (χ0v) is 68.4. The minimum atomic E-state index is -2.24. The van der Waals surface area contributed by atoms with Gasteiger partial charge in [-0.3, -0.25) is 14.4 Å². The van der Waals surface area contributed by atoms with Crippen molar-refractivity contribution >= 4 is 17.7 Å². The van der Waals surface area contributed by atoms with Crippen molar-refractivity contribution in [1.82, 2.24) is 16.0 Å². The Kier molecular flexibility index (Phi) is 48.5. The minimum Gasteiger partial charge on any atom is -0.394 e. The first-order valence-electron chi connectivity index (χ1n) is 43.0. The Hall–Kier alpha value is -3.05. The number of allylic oxidation sites excluding steroid dienone is 1. The molecule has 0 saturated carbocycles. The molecular formula is C80H145N3O33. The van der Waals surface area contributed by atoms with E-state index in [1.54, 1.807) is 6.08 Å². The Bertz CT molecular complexity index is 2670. The number of aliphatic hydroxyl groups is 18. The van der Waals surface area contributed by atoms with Crippen LogP contribution >= 0.6 is 0 Å². The average Bonchev–Trinajstić information content (AvgIpc) is 0.775. The van der Waals surface area contributed by atoms with Crippen molar-refractivity contribution in [2.45, 2.75) is 429 Å². The molecule has 678 valence electrons. The van der Waals surface area contributed by atoms with Crippen molar-refractivity contribution in [1.29, 1.82) is 0 Å². The summed E-state index contributed by atoms with van der Waals surface area (Å²) in [4.78, 5) is 38.7. The highest BCUT2D eigenvalue weighted by Crippen LogP contribution is 2.37. The Morgan fingerprint density at radius 1 is 0.345 bits per heavy atom. The highest BCUT2D eigenvalue weighted by molar-refractivity contribution is 5.76. The van der Waals surface area contributed by atoms with Crippen LogP contribution in [0.5, 0.6) is 0 Å². The Labute approximate surface area is 682 Å². The molecule has 6 heterocycles. The summed E-state index contributed by atoms with van der Waals surface area (Å²) in [6, 6.07) is -4.44. The molecule has 32 atom stereocenters. The van der Waals surface area contributed by atoms with Crippen LogP contribution in [0.2, 0.25) is 0 Å². The molecule has 0 radical (unpaired) electrons. The van der Waals surface area contributed by atoms with Gasteiger partial charge in [-0.25, -0.2) is 0 Å². The van der Waals surface area contributed by atoms with Gasteiger partial charge < -0.3 is 165 Å². The number of rotatable bonds is 56. The largest absolute Gasteiger partial charge is 0.394 e. The summed E-state index contributed by atoms with van der Waals surface area (Å²) >= 11 is 0. The molecule has 6 aliphatic heterocycles. The van der Waals surface area contributed by atoms with Gasteiger partial charge in [0.05, 0.1) is 58.4 Å². The smallest absolute Gasteiger partial charge is 0.220 e. The summed E-state index contributed by atoms with van der Waals surface area (Å²) < 4.78 is 70.5. The topological polar surface area (TPSA) is 562 Å². The predicted molar refractivity (Wildman–Crippen MR) is 412 cm³/mol. The zero-order chi connectivity index (χ0) is 84.8. The Morgan fingerprint density at radius 2 is 0.690 bits per heavy atom. The van der Waals surface area contributed by atoms with E-state index in [0.29, 0.717) is 12.8 Å². The predicted octanol–water partition coefficient (Wildman–Crippen LogP) is -0.864. The number of aliphatic hydroxyl groups excluding tert-OH is 18. The molecule has 6 saturated heterocycles. The van der Waals surface area contributed by atoms with E-state index in [1.165, 1.54) is 135 Å². The second kappa shape index (κ2) is 55.2. The summed E-state index contributed by atoms with van der Waals surface area (Å²) in [5, 5.41) is 207. The molecule has 0 aromatic rings. The Morgan fingerprint density at radius 3 is 1.14 bits per heavy atom. The second-order valence-electron chi connectivity index (χ2n) is 32.1. The molecule has 6 aliphatic rings. The molecule has 116 heavy (non-hydrogen) atoms. The normalized spacial score (nSPS) is 36.3. The first kappa shape index (κ1) is 102. The average molecular weight is 1680 g/mol. The molecule has 0 aliphatic carbocycles. The quantitative estimate of drug-likeness (QED) is 0.0260. The fraction of sp³-hybridized carbons (Fsp3) is 0.938. The summed E-state index contributed by atoms with van der Waals surface area (Å²) in [5.74, 6) is -1.94. The van der Waals surface area contributed by atoms with Crippen molar-refractivity contribution in [2.24, 2.45) is 0 Å². The van der Waals surface area contributed by atoms with Crippen LogP contribution in [0.15, 0.2) is 12.2 Å². The lowest BCUT2D eigenvalue weighted by atomic mass is 9.94. The van der Waals surface area contributed by atoms with Gasteiger partial charge >= 0.3 is 0 Å². The van der Waals surface area contributed by atoms with E-state index in [4.69, 9.17) is 56.8 Å². The second-order valence-corrected chi connectivity index (χ2v) is 32.1. The molecule has 0 bridgehead atoms. The first-order valence-corrected chi connectivity index (χ1v) is 43.0. The maximum atomic E-state index is 13.5. The number of hydrogen-bond donors (Lipinski definition) is 21. The SMILES string of the molecule is CCCCCCCCCCCCC/C=C/[C@@H](O)[C@H](CO[C@@H]1OC(CO)[C@@H](O[C@@H]2OC(CO)[C@H](O[C@@H]3OC(CO)[C@H](O)[C@H](O[C@@H]4OC(CO[C@@H]5OC(CO)[C@@H](O[C@@H]6OC(CO)[C@H](O)[C@H](O)C6O)[C@H](O)C5NC(C)=O)[C@H](O)[C@H](O)C4NC(C)=O)C3O)[C@H](O)C2O)[C@H](O)C1O)NC(=O)CCCCCCCCCCCCCCCCCCCCC. The van der Waals surface area contributed by atoms with Crippen molar-refractivity contribution in [2.75, 3.05) is 46.2 Å². The highest BCUT2D eigenvalue weighted by Gasteiger charge is 2.58. The van der Waals surface area contributed by atoms with Gasteiger partial charge in [0.25, 0.3) is 0 Å². The molecule has 36 nitrogen and oxygen atoms in total. The zero-order valence-electron chi connectivity index (χ0n) is 68.4. The third-order valence-corrected chi connectivity index (χ3v) is 22.7. The van der Waals surface area contributed by atoms with E-state index < -0.39 is 254 Å². The lowest BCUT2D eigenvalue weighted by Crippen LogP contribution is -2.69. The molecule has 36 heteroatoms. The number of nitrogens with one attached hydrogen (secondary N) is 3. The standard InChI is InChI=1S/C80H145N3O33/c1-5-7-9-11-13-15-17-19-20-21-22-23-24-26-28-30-32-34-36-38-56(92)83-48(49(91)37-35-33-31-29-27-25-18-16-14-12-10-8-6-2)44-105-77-68(102)65(99)72(53(42-87)110-77)114-79-69(103)66(100)73(54(43-88)111-79)115-80-70(104)74(61(95)51(40-85)108-80)116-76-57(81-46(3)89)62(96)60(94)55(112-76)45-106-75-58(82-47(4)90)63(97)71(52(41-86)109-75)113-78-67(101)64(98)59(93)50(39-84)107-78/h35,37,48-55,57-80,84-88,91,93-104H,5-34,36,38-45H2,1-4H3,(H,81,89)(H,82,90)(H,83,92)/b37-35+/t48-,49+,50?,51?,52?,53?,54?,55?,57?,58?,59-,60-,61-,62+,63+,64-,65+,66+,67?,68?,69?,70?,71+,72+,73-,74-,75+,76-,77+,78-,79-,80-/m0/s1. The van der Waals surface area contributed by atoms with E-state index in [1.807, 2.05) is 6.08 Å². The molecule has 6 fully saturated rings. The van der Waals surface area contributed by atoms with Gasteiger partial charge in [-0.2, -0.15) is 0 Å². The number of carbonyl (C=O) groups excluding carboxylic acids is 3. The van der Waals surface area contributed by atoms with E-state index >= 15 is 0 Å². The van der Waals surface area contributed by atoms with Crippen molar-refractivity contribution in [3.63, 3.8) is 0 Å². The lowest BCUT2D eigenvalue weighted by molar-refractivity contribution is -0.387. The van der Waals surface area contributed by atoms with Crippen LogP contribution in [0.25, 0.3) is 0 Å². The van der Waals surface area contributed by atoms with Crippen LogP contribution in [0.3, 0.4) is 0 Å². The van der Waals surface area contributed by atoms with Gasteiger partial charge in [-0.15, -0.1) is 0 Å². The van der Waals surface area contributed by atoms with Crippen LogP contribution in [-0.2, 0) is 71.2 Å². The highest BCUT2D eigenvalue weighted by atomic mass is 16.8. The maximum absolute atomic E-state index is 13.5. The van der Waals surface area contributed by atoms with Crippen molar-refractivity contribution < 1.29 is 163 Å². The van der Waals surface area contributed by atoms with Gasteiger partial charge in [0.1, 0.15) is 146 Å². The van der Waals surface area contributed by atoms with E-state index in [0.717, 1.165) is 65.2 Å². The van der Waals surface area contributed by atoms with Gasteiger partial charge in [-0.05, 0) is 19.3 Å². The van der Waals surface area contributed by atoms with Gasteiger partial charge in [0.2, 0.25) is 17.7 Å². The number of amides is 3. The monoisotopic (exact) mass is 1680 g/mol. The molecular weight excluding hydrogens is 1530 g/mol. The maximum Gasteiger partial charge on any atom is 0.220 e. The van der Waals surface area contributed by atoms with E-state index in [-0.39, 0.29) is 12.3 Å². The van der Waals surface area contributed by atoms with E-state index in [9.17, 15) is 106 Å². The van der Waals surface area contributed by atoms with Crippen LogP contribution in [0.1, 0.15) is 233 Å². The molecule has 0 aromatic carbocycles. The van der Waals surface area contributed by atoms with Crippen LogP contribution < -0.4 is 16.0 Å². The number of ether oxygens (including phenoxy) is 12. The van der Waals surface area contributed by atoms with Gasteiger partial charge in [-0.1, -0.05) is 206 Å². The third kappa shape index (κ3) is 31.9. The van der Waals surface area contributed by atoms with Crippen molar-refractivity contribution in [3.8, 4) is 0 Å². The third-order valence-electron chi connectivity index (χ3n) is 22.7. The van der Waals surface area contributed by atoms with Crippen LogP contribution in [-0.4, -0.2) is 352 Å². The molecule has 3 amide bonds. The summed E-state index contributed by atoms with van der Waals surface area (Å²) in [6.07, 6.45) is -14.1. The molecule has 12 unspecified atom stereocenters. The molecule has 21 N–H and O–H groups in total. The fourth-order valence-corrected chi connectivity index (χ4v) is 15.7. The minimum absolute atomic E-state index is 0.184. The van der Waals surface area contributed by atoms with Gasteiger partial charge in [0.15, 0.2) is 37.7 Å². The summed E-state index contributed by atoms with van der Waals surface area (Å²) in [5.41, 5.74) is 0. The number of hydrogen-bond acceptors (Lipinski definition) is 33. The number of unbranched alkanes of at least 4 members (excludes halogenated alkanes) is 29. The summed E-state index contributed by atoms with van der Waals surface area (Å²) in [6.45, 7) is 0.449. The molecule has 0 spiro atoms. The lowest BCUT2D eigenvalue weighted by Gasteiger charge is -2.49. The molecule has 6 rings (SSSR count). The molecule has 0 aromatic heterocycles. The first-order chi connectivity index (χ1) is 55.8. The number of carbonyl (C=O) groups is 3. The van der Waals surface area contributed by atoms with Crippen LogP contribution in [0, 0.1) is 0 Å². The van der Waals surface area contributed by atoms with Gasteiger partial charge in [0, 0.05) is 20.3 Å². The summed E-state index contributed by atoms with van der Waals surface area (Å²) in [7, 11) is 0. The van der Waals surface area contributed by atoms with Crippen molar-refractivity contribution in [3.05, 3.63) is 12.2 Å².